The Morgan fingerprint density at radius 1 is 1.04 bits per heavy atom. The molecule has 2 aromatic carbocycles. The summed E-state index contributed by atoms with van der Waals surface area (Å²) < 4.78 is 5.89. The SMILES string of the molecule is O=C(c1ccc2n[nH]nc2c1)N1CCC(c2nc3ccccc3o2)CC1. The van der Waals surface area contributed by atoms with Crippen LogP contribution in [-0.2, 0) is 0 Å². The first kappa shape index (κ1) is 15.1. The molecule has 0 saturated carbocycles. The number of fused-ring (bicyclic) bond motifs is 2. The van der Waals surface area contributed by atoms with Crippen LogP contribution in [0, 0.1) is 0 Å². The number of hydrogen-bond donors (Lipinski definition) is 1. The molecule has 0 spiro atoms. The van der Waals surface area contributed by atoms with Crippen LogP contribution in [0.15, 0.2) is 46.9 Å². The summed E-state index contributed by atoms with van der Waals surface area (Å²) in [5.74, 6) is 1.07. The number of likely N-dealkylation sites (tertiary alicyclic amines) is 1. The summed E-state index contributed by atoms with van der Waals surface area (Å²) in [4.78, 5) is 19.3. The van der Waals surface area contributed by atoms with Gasteiger partial charge in [0, 0.05) is 24.6 Å². The van der Waals surface area contributed by atoms with Gasteiger partial charge in [0.25, 0.3) is 5.91 Å². The van der Waals surface area contributed by atoms with Gasteiger partial charge < -0.3 is 9.32 Å². The van der Waals surface area contributed by atoms with Crippen LogP contribution in [0.5, 0.6) is 0 Å². The maximum absolute atomic E-state index is 12.8. The van der Waals surface area contributed by atoms with E-state index in [4.69, 9.17) is 4.42 Å². The van der Waals surface area contributed by atoms with Crippen LogP contribution in [0.1, 0.15) is 35.0 Å². The van der Waals surface area contributed by atoms with Gasteiger partial charge in [0.15, 0.2) is 11.5 Å². The monoisotopic (exact) mass is 347 g/mol. The fourth-order valence-electron chi connectivity index (χ4n) is 3.55. The summed E-state index contributed by atoms with van der Waals surface area (Å²) in [5, 5.41) is 10.6. The van der Waals surface area contributed by atoms with Crippen LogP contribution in [0.4, 0.5) is 0 Å². The molecule has 1 aliphatic heterocycles. The van der Waals surface area contributed by atoms with E-state index in [-0.39, 0.29) is 11.8 Å². The van der Waals surface area contributed by atoms with Crippen molar-refractivity contribution in [3.63, 3.8) is 0 Å². The van der Waals surface area contributed by atoms with Gasteiger partial charge in [-0.3, -0.25) is 4.79 Å². The van der Waals surface area contributed by atoms with Crippen molar-refractivity contribution in [2.45, 2.75) is 18.8 Å². The number of piperidine rings is 1. The molecule has 1 saturated heterocycles. The van der Waals surface area contributed by atoms with Gasteiger partial charge in [-0.1, -0.05) is 12.1 Å². The molecule has 0 bridgehead atoms. The molecule has 2 aromatic heterocycles. The number of oxazole rings is 1. The first-order valence-corrected chi connectivity index (χ1v) is 8.73. The minimum absolute atomic E-state index is 0.0333. The standard InChI is InChI=1S/C19H17N5O2/c25-19(13-5-6-14-16(11-13)22-23-21-14)24-9-7-12(8-10-24)18-20-15-3-1-2-4-17(15)26-18/h1-6,11-12H,7-10H2,(H,21,22,23). The molecule has 4 aromatic rings. The smallest absolute Gasteiger partial charge is 0.253 e. The highest BCUT2D eigenvalue weighted by Crippen LogP contribution is 2.30. The first-order valence-electron chi connectivity index (χ1n) is 8.73. The fraction of sp³-hybridized carbons (Fsp3) is 0.263. The molecule has 0 unspecified atom stereocenters. The van der Waals surface area contributed by atoms with Crippen LogP contribution < -0.4 is 0 Å². The van der Waals surface area contributed by atoms with E-state index in [1.165, 1.54) is 0 Å². The van der Waals surface area contributed by atoms with Crippen LogP contribution in [0.3, 0.4) is 0 Å². The van der Waals surface area contributed by atoms with Crippen LogP contribution in [0.25, 0.3) is 22.1 Å². The summed E-state index contributed by atoms with van der Waals surface area (Å²) in [6, 6.07) is 13.2. The maximum atomic E-state index is 12.8. The summed E-state index contributed by atoms with van der Waals surface area (Å²) >= 11 is 0. The molecule has 7 nitrogen and oxygen atoms in total. The first-order chi connectivity index (χ1) is 12.8. The highest BCUT2D eigenvalue weighted by Gasteiger charge is 2.27. The summed E-state index contributed by atoms with van der Waals surface area (Å²) in [6.45, 7) is 1.39. The number of para-hydroxylation sites is 2. The van der Waals surface area contributed by atoms with Gasteiger partial charge in [0.1, 0.15) is 16.6 Å². The number of H-pyrrole nitrogens is 1. The quantitative estimate of drug-likeness (QED) is 0.602. The van der Waals surface area contributed by atoms with E-state index < -0.39 is 0 Å². The zero-order valence-electron chi connectivity index (χ0n) is 14.1. The normalized spacial score (nSPS) is 15.8. The maximum Gasteiger partial charge on any atom is 0.253 e. The van der Waals surface area contributed by atoms with Gasteiger partial charge >= 0.3 is 0 Å². The molecule has 3 heterocycles. The Bertz CT molecular complexity index is 1060. The number of rotatable bonds is 2. The second-order valence-corrected chi connectivity index (χ2v) is 6.61. The number of carbonyl (C=O) groups excluding carboxylic acids is 1. The van der Waals surface area contributed by atoms with Gasteiger partial charge in [0.2, 0.25) is 0 Å². The predicted molar refractivity (Wildman–Crippen MR) is 95.8 cm³/mol. The number of nitrogens with zero attached hydrogens (tertiary/aromatic N) is 4. The number of carbonyl (C=O) groups is 1. The van der Waals surface area contributed by atoms with Crippen LogP contribution in [-0.4, -0.2) is 44.3 Å². The lowest BCUT2D eigenvalue weighted by Gasteiger charge is -2.30. The molecule has 0 aliphatic carbocycles. The Morgan fingerprint density at radius 3 is 2.69 bits per heavy atom. The van der Waals surface area contributed by atoms with Crippen molar-refractivity contribution in [2.24, 2.45) is 0 Å². The molecule has 1 fully saturated rings. The number of aromatic amines is 1. The molecule has 130 valence electrons. The average molecular weight is 347 g/mol. The topological polar surface area (TPSA) is 87.9 Å². The molecule has 1 amide bonds. The molecule has 0 radical (unpaired) electrons. The average Bonchev–Trinajstić information content (AvgIpc) is 3.33. The van der Waals surface area contributed by atoms with Gasteiger partial charge in [0.05, 0.1) is 0 Å². The Labute approximate surface area is 149 Å². The highest BCUT2D eigenvalue weighted by molar-refractivity contribution is 5.97. The largest absolute Gasteiger partial charge is 0.440 e. The van der Waals surface area contributed by atoms with Gasteiger partial charge in [-0.25, -0.2) is 4.98 Å². The highest BCUT2D eigenvalue weighted by atomic mass is 16.3. The molecule has 1 N–H and O–H groups in total. The predicted octanol–water partition coefficient (Wildman–Crippen LogP) is 3.12. The lowest BCUT2D eigenvalue weighted by atomic mass is 9.96. The van der Waals surface area contributed by atoms with Crippen LogP contribution in [0.2, 0.25) is 0 Å². The second kappa shape index (κ2) is 5.94. The molecule has 1 aliphatic rings. The van der Waals surface area contributed by atoms with E-state index >= 15 is 0 Å². The zero-order valence-corrected chi connectivity index (χ0v) is 14.1. The third-order valence-corrected chi connectivity index (χ3v) is 5.01. The Balaban J connectivity index is 1.30. The van der Waals surface area contributed by atoms with Crippen molar-refractivity contribution in [3.05, 3.63) is 53.9 Å². The fourth-order valence-corrected chi connectivity index (χ4v) is 3.55. The molecule has 5 rings (SSSR count). The number of nitrogens with one attached hydrogen (secondary N) is 1. The number of aromatic nitrogens is 4. The van der Waals surface area contributed by atoms with Crippen molar-refractivity contribution in [2.75, 3.05) is 13.1 Å². The van der Waals surface area contributed by atoms with E-state index in [9.17, 15) is 4.79 Å². The number of benzene rings is 2. The summed E-state index contributed by atoms with van der Waals surface area (Å²) in [7, 11) is 0. The van der Waals surface area contributed by atoms with E-state index in [0.29, 0.717) is 24.2 Å². The molecule has 26 heavy (non-hydrogen) atoms. The van der Waals surface area contributed by atoms with E-state index in [2.05, 4.69) is 20.4 Å². The van der Waals surface area contributed by atoms with Crippen molar-refractivity contribution < 1.29 is 9.21 Å². The van der Waals surface area contributed by atoms with E-state index in [1.807, 2.05) is 35.2 Å². The lowest BCUT2D eigenvalue weighted by Crippen LogP contribution is -2.38. The molecular formula is C19H17N5O2. The zero-order chi connectivity index (χ0) is 17.5. The van der Waals surface area contributed by atoms with Crippen LogP contribution >= 0.6 is 0 Å². The van der Waals surface area contributed by atoms with Crippen molar-refractivity contribution in [1.29, 1.82) is 0 Å². The summed E-state index contributed by atoms with van der Waals surface area (Å²) in [6.07, 6.45) is 1.70. The van der Waals surface area contributed by atoms with E-state index in [0.717, 1.165) is 35.3 Å². The molecular weight excluding hydrogens is 330 g/mol. The third kappa shape index (κ3) is 2.52. The Morgan fingerprint density at radius 2 is 1.85 bits per heavy atom. The van der Waals surface area contributed by atoms with Gasteiger partial charge in [-0.2, -0.15) is 15.4 Å². The summed E-state index contributed by atoms with van der Waals surface area (Å²) in [5.41, 5.74) is 3.82. The lowest BCUT2D eigenvalue weighted by molar-refractivity contribution is 0.0707. The number of hydrogen-bond acceptors (Lipinski definition) is 5. The Kier molecular flexibility index (Phi) is 3.44. The number of amides is 1. The third-order valence-electron chi connectivity index (χ3n) is 5.01. The Hall–Kier alpha value is -3.22. The van der Waals surface area contributed by atoms with Gasteiger partial charge in [-0.05, 0) is 43.2 Å². The minimum atomic E-state index is 0.0333. The molecule has 0 atom stereocenters. The van der Waals surface area contributed by atoms with Crippen molar-refractivity contribution >= 4 is 28.0 Å². The molecule has 7 heteroatoms. The van der Waals surface area contributed by atoms with E-state index in [1.54, 1.807) is 12.1 Å². The van der Waals surface area contributed by atoms with Gasteiger partial charge in [-0.15, -0.1) is 0 Å². The second-order valence-electron chi connectivity index (χ2n) is 6.61. The van der Waals surface area contributed by atoms with Crippen molar-refractivity contribution in [1.82, 2.24) is 25.3 Å². The van der Waals surface area contributed by atoms with Crippen molar-refractivity contribution in [3.8, 4) is 0 Å². The minimum Gasteiger partial charge on any atom is -0.440 e.